The van der Waals surface area contributed by atoms with Gasteiger partial charge in [-0.15, -0.1) is 0 Å². The van der Waals surface area contributed by atoms with Gasteiger partial charge >= 0.3 is 0 Å². The van der Waals surface area contributed by atoms with E-state index in [0.29, 0.717) is 5.92 Å². The third kappa shape index (κ3) is 3.03. The molecule has 3 rings (SSSR count). The summed E-state index contributed by atoms with van der Waals surface area (Å²) in [5, 5.41) is 0. The molecule has 0 aromatic heterocycles. The first kappa shape index (κ1) is 14.8. The van der Waals surface area contributed by atoms with Gasteiger partial charge in [0, 0.05) is 25.7 Å². The lowest BCUT2D eigenvalue weighted by atomic mass is 9.79. The fraction of sp³-hybridized carbons (Fsp3) is 1.00. The van der Waals surface area contributed by atoms with Crippen LogP contribution in [0.4, 0.5) is 0 Å². The summed E-state index contributed by atoms with van der Waals surface area (Å²) >= 11 is 0. The molecule has 3 fully saturated rings. The molecule has 1 saturated carbocycles. The van der Waals surface area contributed by atoms with Gasteiger partial charge in [-0.2, -0.15) is 0 Å². The Labute approximate surface area is 123 Å². The van der Waals surface area contributed by atoms with Crippen LogP contribution in [0.1, 0.15) is 45.4 Å². The van der Waals surface area contributed by atoms with E-state index >= 15 is 0 Å². The molecule has 0 bridgehead atoms. The van der Waals surface area contributed by atoms with Crippen molar-refractivity contribution < 1.29 is 9.47 Å². The van der Waals surface area contributed by atoms with Crippen molar-refractivity contribution in [2.45, 2.75) is 63.2 Å². The smallest absolute Gasteiger partial charge is 0.0855 e. The van der Waals surface area contributed by atoms with Crippen molar-refractivity contribution in [1.29, 1.82) is 0 Å². The predicted molar refractivity (Wildman–Crippen MR) is 79.7 cm³/mol. The number of nitrogens with two attached hydrogens (primary N) is 1. The SMILES string of the molecule is CCN1CCOC(C(N)C2CCOC3(CCCC3)C2)C1. The summed E-state index contributed by atoms with van der Waals surface area (Å²) < 4.78 is 12.1. The second-order valence-electron chi connectivity index (χ2n) is 6.87. The molecule has 3 atom stereocenters. The minimum Gasteiger partial charge on any atom is -0.375 e. The Morgan fingerprint density at radius 2 is 2.10 bits per heavy atom. The quantitative estimate of drug-likeness (QED) is 0.857. The summed E-state index contributed by atoms with van der Waals surface area (Å²) in [6, 6.07) is 0.172. The normalized spacial score (nSPS) is 36.3. The van der Waals surface area contributed by atoms with E-state index in [9.17, 15) is 0 Å². The molecule has 3 unspecified atom stereocenters. The zero-order valence-electron chi connectivity index (χ0n) is 12.9. The molecule has 0 aromatic rings. The minimum atomic E-state index is 0.166. The summed E-state index contributed by atoms with van der Waals surface area (Å²) in [6.45, 7) is 7.10. The summed E-state index contributed by atoms with van der Waals surface area (Å²) in [4.78, 5) is 2.46. The number of morpholine rings is 1. The van der Waals surface area contributed by atoms with Gasteiger partial charge < -0.3 is 15.2 Å². The first-order valence-corrected chi connectivity index (χ1v) is 8.46. The van der Waals surface area contributed by atoms with Crippen molar-refractivity contribution in [2.75, 3.05) is 32.8 Å². The van der Waals surface area contributed by atoms with Crippen LogP contribution >= 0.6 is 0 Å². The highest BCUT2D eigenvalue weighted by Crippen LogP contribution is 2.43. The average molecular weight is 282 g/mol. The molecule has 3 aliphatic rings. The molecule has 116 valence electrons. The molecule has 0 amide bonds. The van der Waals surface area contributed by atoms with Crippen molar-refractivity contribution in [3.05, 3.63) is 0 Å². The molecule has 2 N–H and O–H groups in total. The number of hydrogen-bond acceptors (Lipinski definition) is 4. The Balaban J connectivity index is 1.59. The number of rotatable bonds is 3. The Morgan fingerprint density at radius 1 is 1.30 bits per heavy atom. The molecule has 1 spiro atoms. The lowest BCUT2D eigenvalue weighted by Crippen LogP contribution is -2.55. The van der Waals surface area contributed by atoms with Crippen molar-refractivity contribution >= 4 is 0 Å². The Morgan fingerprint density at radius 3 is 2.85 bits per heavy atom. The van der Waals surface area contributed by atoms with E-state index in [4.69, 9.17) is 15.2 Å². The summed E-state index contributed by atoms with van der Waals surface area (Å²) in [6.07, 6.45) is 7.60. The molecule has 4 heteroatoms. The largest absolute Gasteiger partial charge is 0.375 e. The van der Waals surface area contributed by atoms with Crippen molar-refractivity contribution in [2.24, 2.45) is 11.7 Å². The molecule has 0 aromatic carbocycles. The van der Waals surface area contributed by atoms with Crippen LogP contribution in [0.3, 0.4) is 0 Å². The first-order valence-electron chi connectivity index (χ1n) is 8.46. The molecule has 20 heavy (non-hydrogen) atoms. The van der Waals surface area contributed by atoms with Gasteiger partial charge in [0.05, 0.1) is 18.3 Å². The fourth-order valence-corrected chi connectivity index (χ4v) is 4.32. The summed E-state index contributed by atoms with van der Waals surface area (Å²) in [7, 11) is 0. The van der Waals surface area contributed by atoms with E-state index in [1.165, 1.54) is 25.7 Å². The highest BCUT2D eigenvalue weighted by Gasteiger charge is 2.43. The zero-order valence-corrected chi connectivity index (χ0v) is 12.9. The number of nitrogens with zero attached hydrogens (tertiary/aromatic N) is 1. The first-order chi connectivity index (χ1) is 9.72. The molecule has 2 heterocycles. The third-order valence-electron chi connectivity index (χ3n) is 5.64. The van der Waals surface area contributed by atoms with Crippen LogP contribution in [-0.4, -0.2) is 55.5 Å². The van der Waals surface area contributed by atoms with Crippen molar-refractivity contribution in [1.82, 2.24) is 4.90 Å². The molecule has 2 aliphatic heterocycles. The molecule has 4 nitrogen and oxygen atoms in total. The van der Waals surface area contributed by atoms with Crippen LogP contribution in [0.2, 0.25) is 0 Å². The van der Waals surface area contributed by atoms with E-state index in [1.807, 2.05) is 0 Å². The van der Waals surface area contributed by atoms with Crippen LogP contribution in [0.25, 0.3) is 0 Å². The van der Waals surface area contributed by atoms with Gasteiger partial charge in [0.1, 0.15) is 0 Å². The van der Waals surface area contributed by atoms with Gasteiger partial charge in [0.2, 0.25) is 0 Å². The van der Waals surface area contributed by atoms with Gasteiger partial charge in [0.15, 0.2) is 0 Å². The Hall–Kier alpha value is -0.160. The monoisotopic (exact) mass is 282 g/mol. The van der Waals surface area contributed by atoms with E-state index in [1.54, 1.807) is 0 Å². The van der Waals surface area contributed by atoms with Gasteiger partial charge in [0.25, 0.3) is 0 Å². The standard InChI is InChI=1S/C16H30N2O2/c1-2-18-8-10-19-14(12-18)15(17)13-5-9-20-16(11-13)6-3-4-7-16/h13-15H,2-12,17H2,1H3. The molecular weight excluding hydrogens is 252 g/mol. The van der Waals surface area contributed by atoms with Crippen LogP contribution in [0.5, 0.6) is 0 Å². The summed E-state index contributed by atoms with van der Waals surface area (Å²) in [5.74, 6) is 0.573. The molecular formula is C16H30N2O2. The second-order valence-corrected chi connectivity index (χ2v) is 6.87. The zero-order chi connectivity index (χ0) is 14.0. The molecule has 2 saturated heterocycles. The second kappa shape index (κ2) is 6.30. The van der Waals surface area contributed by atoms with Crippen LogP contribution in [0.15, 0.2) is 0 Å². The minimum absolute atomic E-state index is 0.166. The maximum Gasteiger partial charge on any atom is 0.0855 e. The highest BCUT2D eigenvalue weighted by atomic mass is 16.5. The molecule has 1 aliphatic carbocycles. The van der Waals surface area contributed by atoms with E-state index in [-0.39, 0.29) is 17.7 Å². The van der Waals surface area contributed by atoms with Crippen LogP contribution in [0, 0.1) is 5.92 Å². The lowest BCUT2D eigenvalue weighted by Gasteiger charge is -2.44. The van der Waals surface area contributed by atoms with Crippen molar-refractivity contribution in [3.63, 3.8) is 0 Å². The van der Waals surface area contributed by atoms with Gasteiger partial charge in [-0.3, -0.25) is 4.90 Å². The Bertz CT molecular complexity index is 318. The highest BCUT2D eigenvalue weighted by molar-refractivity contribution is 4.96. The number of likely N-dealkylation sites (N-methyl/N-ethyl adjacent to an activating group) is 1. The lowest BCUT2D eigenvalue weighted by molar-refractivity contribution is -0.113. The predicted octanol–water partition coefficient (Wildman–Crippen LogP) is 1.77. The Kier molecular flexibility index (Phi) is 4.65. The van der Waals surface area contributed by atoms with Gasteiger partial charge in [-0.25, -0.2) is 0 Å². The van der Waals surface area contributed by atoms with Crippen molar-refractivity contribution in [3.8, 4) is 0 Å². The number of ether oxygens (including phenoxy) is 2. The van der Waals surface area contributed by atoms with E-state index in [0.717, 1.165) is 45.7 Å². The summed E-state index contributed by atoms with van der Waals surface area (Å²) in [5.41, 5.74) is 6.75. The van der Waals surface area contributed by atoms with Gasteiger partial charge in [-0.1, -0.05) is 19.8 Å². The maximum atomic E-state index is 6.58. The van der Waals surface area contributed by atoms with E-state index < -0.39 is 0 Å². The van der Waals surface area contributed by atoms with Crippen LogP contribution < -0.4 is 5.73 Å². The average Bonchev–Trinajstić information content (AvgIpc) is 2.94. The maximum absolute atomic E-state index is 6.58. The number of hydrogen-bond donors (Lipinski definition) is 1. The van der Waals surface area contributed by atoms with Gasteiger partial charge in [-0.05, 0) is 38.1 Å². The third-order valence-corrected chi connectivity index (χ3v) is 5.64. The topological polar surface area (TPSA) is 47.7 Å². The fourth-order valence-electron chi connectivity index (χ4n) is 4.32. The van der Waals surface area contributed by atoms with Crippen LogP contribution in [-0.2, 0) is 9.47 Å². The van der Waals surface area contributed by atoms with E-state index in [2.05, 4.69) is 11.8 Å². The molecule has 0 radical (unpaired) electrons.